The van der Waals surface area contributed by atoms with Gasteiger partial charge in [0.2, 0.25) is 0 Å². The molecule has 1 aliphatic heterocycles. The molecule has 1 heterocycles. The van der Waals surface area contributed by atoms with Gasteiger partial charge in [0, 0.05) is 43.0 Å². The second-order valence-electron chi connectivity index (χ2n) is 10.4. The molecule has 5 nitrogen and oxygen atoms in total. The van der Waals surface area contributed by atoms with Gasteiger partial charge in [0.15, 0.2) is 5.78 Å². The van der Waals surface area contributed by atoms with Crippen molar-refractivity contribution < 1.29 is 9.59 Å². The Morgan fingerprint density at radius 3 is 2.26 bits per heavy atom. The Kier molecular flexibility index (Phi) is 5.72. The van der Waals surface area contributed by atoms with Gasteiger partial charge >= 0.3 is 0 Å². The zero-order valence-corrected chi connectivity index (χ0v) is 20.7. The summed E-state index contributed by atoms with van der Waals surface area (Å²) in [6.07, 6.45) is 1.19. The number of carbonyl (C=O) groups excluding carboxylic acids is 2. The number of hydrogen-bond acceptors (Lipinski definition) is 4. The number of benzene rings is 3. The number of Topliss-reactive ketones (excluding diaryl/α,β-unsaturated/α-hetero) is 1. The number of carbonyl (C=O) groups is 2. The van der Waals surface area contributed by atoms with Gasteiger partial charge in [-0.1, -0.05) is 56.3 Å². The molecule has 178 valence electrons. The van der Waals surface area contributed by atoms with Gasteiger partial charge in [0.25, 0.3) is 5.91 Å². The Morgan fingerprint density at radius 1 is 0.914 bits per heavy atom. The molecule has 1 aliphatic carbocycles. The Labute approximate surface area is 207 Å². The molecule has 0 fully saturated rings. The fourth-order valence-electron chi connectivity index (χ4n) is 5.20. The third-order valence-electron chi connectivity index (χ3n) is 6.87. The van der Waals surface area contributed by atoms with Crippen LogP contribution < -0.4 is 15.1 Å². The number of anilines is 3. The number of ketones is 1. The third-order valence-corrected chi connectivity index (χ3v) is 6.87. The Morgan fingerprint density at radius 2 is 1.57 bits per heavy atom. The van der Waals surface area contributed by atoms with E-state index in [1.807, 2.05) is 97.9 Å². The first-order valence-corrected chi connectivity index (χ1v) is 12.0. The molecule has 1 atom stereocenters. The van der Waals surface area contributed by atoms with Crippen molar-refractivity contribution in [1.82, 2.24) is 0 Å². The van der Waals surface area contributed by atoms with Crippen LogP contribution in [0.5, 0.6) is 0 Å². The standard InChI is InChI=1S/C30H31N3O2/c1-30(2)18-24-27(26(34)19-30)28(20-14-16-22(17-15-20)32(3)4)33(25-13-9-8-12-23(25)31-24)29(35)21-10-6-5-7-11-21/h5-17,28,31H,18-19H2,1-4H3/t28-/m1/s1. The molecule has 0 unspecified atom stereocenters. The van der Waals surface area contributed by atoms with Gasteiger partial charge in [0.1, 0.15) is 0 Å². The lowest BCUT2D eigenvalue weighted by Gasteiger charge is -2.37. The first kappa shape index (κ1) is 22.9. The molecule has 1 amide bonds. The van der Waals surface area contributed by atoms with Crippen molar-refractivity contribution in [3.63, 3.8) is 0 Å². The summed E-state index contributed by atoms with van der Waals surface area (Å²) in [5, 5.41) is 3.57. The molecule has 3 aromatic rings. The number of rotatable bonds is 3. The van der Waals surface area contributed by atoms with E-state index in [9.17, 15) is 9.59 Å². The summed E-state index contributed by atoms with van der Waals surface area (Å²) in [6.45, 7) is 4.25. The van der Waals surface area contributed by atoms with E-state index >= 15 is 0 Å². The van der Waals surface area contributed by atoms with Gasteiger partial charge in [-0.3, -0.25) is 14.5 Å². The predicted octanol–water partition coefficient (Wildman–Crippen LogP) is 6.21. The van der Waals surface area contributed by atoms with Crippen LogP contribution in [0.3, 0.4) is 0 Å². The summed E-state index contributed by atoms with van der Waals surface area (Å²) in [5.41, 5.74) is 5.60. The molecule has 1 N–H and O–H groups in total. The van der Waals surface area contributed by atoms with Crippen LogP contribution in [0.2, 0.25) is 0 Å². The van der Waals surface area contributed by atoms with E-state index in [2.05, 4.69) is 19.2 Å². The van der Waals surface area contributed by atoms with E-state index in [0.29, 0.717) is 17.6 Å². The van der Waals surface area contributed by atoms with E-state index in [-0.39, 0.29) is 17.1 Å². The summed E-state index contributed by atoms with van der Waals surface area (Å²) in [4.78, 5) is 31.8. The van der Waals surface area contributed by atoms with Crippen LogP contribution >= 0.6 is 0 Å². The average Bonchev–Trinajstić information content (AvgIpc) is 2.97. The highest BCUT2D eigenvalue weighted by Gasteiger charge is 2.43. The lowest BCUT2D eigenvalue weighted by Crippen LogP contribution is -2.39. The maximum Gasteiger partial charge on any atom is 0.259 e. The Hall–Kier alpha value is -3.86. The SMILES string of the molecule is CN(C)c1ccc([C@@H]2C3=C(CC(C)(C)CC3=O)Nc3ccccc3N2C(=O)c2ccccc2)cc1. The zero-order chi connectivity index (χ0) is 24.7. The maximum atomic E-state index is 14.1. The minimum absolute atomic E-state index is 0.0871. The molecule has 5 rings (SSSR count). The molecule has 3 aromatic carbocycles. The first-order chi connectivity index (χ1) is 16.7. The van der Waals surface area contributed by atoms with E-state index in [1.165, 1.54) is 0 Å². The van der Waals surface area contributed by atoms with Gasteiger partial charge in [-0.2, -0.15) is 0 Å². The number of amides is 1. The van der Waals surface area contributed by atoms with Crippen molar-refractivity contribution in [1.29, 1.82) is 0 Å². The van der Waals surface area contributed by atoms with Gasteiger partial charge in [-0.15, -0.1) is 0 Å². The van der Waals surface area contributed by atoms with Gasteiger partial charge in [0.05, 0.1) is 17.4 Å². The fraction of sp³-hybridized carbons (Fsp3) is 0.267. The first-order valence-electron chi connectivity index (χ1n) is 12.0. The molecule has 5 heteroatoms. The number of fused-ring (bicyclic) bond motifs is 1. The van der Waals surface area contributed by atoms with Crippen LogP contribution in [0, 0.1) is 5.41 Å². The van der Waals surface area contributed by atoms with Crippen LogP contribution in [-0.2, 0) is 4.79 Å². The molecule has 0 radical (unpaired) electrons. The van der Waals surface area contributed by atoms with Gasteiger partial charge < -0.3 is 10.2 Å². The van der Waals surface area contributed by atoms with Crippen molar-refractivity contribution in [2.24, 2.45) is 5.41 Å². The highest BCUT2D eigenvalue weighted by atomic mass is 16.2. The van der Waals surface area contributed by atoms with Gasteiger partial charge in [-0.05, 0) is 53.8 Å². The lowest BCUT2D eigenvalue weighted by molar-refractivity contribution is -0.118. The summed E-state index contributed by atoms with van der Waals surface area (Å²) < 4.78 is 0. The normalized spacial score (nSPS) is 18.8. The second kappa shape index (κ2) is 8.73. The molecule has 35 heavy (non-hydrogen) atoms. The van der Waals surface area contributed by atoms with E-state index < -0.39 is 6.04 Å². The smallest absolute Gasteiger partial charge is 0.259 e. The average molecular weight is 466 g/mol. The van der Waals surface area contributed by atoms with E-state index in [0.717, 1.165) is 34.7 Å². The minimum Gasteiger partial charge on any atom is -0.378 e. The van der Waals surface area contributed by atoms with Crippen LogP contribution in [0.15, 0.2) is 90.1 Å². The number of hydrogen-bond donors (Lipinski definition) is 1. The quantitative estimate of drug-likeness (QED) is 0.500. The summed E-state index contributed by atoms with van der Waals surface area (Å²) in [6, 6.07) is 24.8. The molecule has 0 saturated heterocycles. The molecule has 2 aliphatic rings. The van der Waals surface area contributed by atoms with Crippen LogP contribution in [0.1, 0.15) is 48.7 Å². The molecule has 0 aromatic heterocycles. The highest BCUT2D eigenvalue weighted by molar-refractivity contribution is 6.12. The molecular weight excluding hydrogens is 434 g/mol. The number of nitrogens with one attached hydrogen (secondary N) is 1. The summed E-state index contributed by atoms with van der Waals surface area (Å²) >= 11 is 0. The second-order valence-corrected chi connectivity index (χ2v) is 10.4. The Balaban J connectivity index is 1.77. The summed E-state index contributed by atoms with van der Waals surface area (Å²) in [7, 11) is 4.00. The van der Waals surface area contributed by atoms with Crippen molar-refractivity contribution in [2.45, 2.75) is 32.7 Å². The van der Waals surface area contributed by atoms with E-state index in [1.54, 1.807) is 4.90 Å². The van der Waals surface area contributed by atoms with Gasteiger partial charge in [-0.25, -0.2) is 0 Å². The van der Waals surface area contributed by atoms with Crippen LogP contribution in [0.4, 0.5) is 17.1 Å². The number of nitrogens with zero attached hydrogens (tertiary/aromatic N) is 2. The fourth-order valence-corrected chi connectivity index (χ4v) is 5.20. The number of para-hydroxylation sites is 2. The van der Waals surface area contributed by atoms with Crippen LogP contribution in [-0.4, -0.2) is 25.8 Å². The maximum absolute atomic E-state index is 14.1. The van der Waals surface area contributed by atoms with Crippen molar-refractivity contribution in [3.8, 4) is 0 Å². The van der Waals surface area contributed by atoms with Crippen molar-refractivity contribution in [3.05, 3.63) is 101 Å². The predicted molar refractivity (Wildman–Crippen MR) is 142 cm³/mol. The number of allylic oxidation sites excluding steroid dienone is 1. The lowest BCUT2D eigenvalue weighted by atomic mass is 9.73. The zero-order valence-electron chi connectivity index (χ0n) is 20.7. The third kappa shape index (κ3) is 4.23. The van der Waals surface area contributed by atoms with Crippen LogP contribution in [0.25, 0.3) is 0 Å². The van der Waals surface area contributed by atoms with Crippen molar-refractivity contribution in [2.75, 3.05) is 29.2 Å². The molecule has 0 bridgehead atoms. The molecule has 0 spiro atoms. The van der Waals surface area contributed by atoms with E-state index in [4.69, 9.17) is 0 Å². The molecular formula is C30H31N3O2. The molecule has 0 saturated carbocycles. The summed E-state index contributed by atoms with van der Waals surface area (Å²) in [5.74, 6) is -0.0444. The Bertz CT molecular complexity index is 1310. The topological polar surface area (TPSA) is 52.7 Å². The monoisotopic (exact) mass is 465 g/mol. The largest absolute Gasteiger partial charge is 0.378 e. The minimum atomic E-state index is -0.534. The highest BCUT2D eigenvalue weighted by Crippen LogP contribution is 2.48. The van der Waals surface area contributed by atoms with Crippen molar-refractivity contribution >= 4 is 28.8 Å².